The summed E-state index contributed by atoms with van der Waals surface area (Å²) in [5, 5.41) is 0. The maximum Gasteiger partial charge on any atom is 0.330 e. The fourth-order valence-corrected chi connectivity index (χ4v) is 2.89. The molecular formula is C14H20O5. The van der Waals surface area contributed by atoms with Crippen LogP contribution in [-0.2, 0) is 23.8 Å². The average Bonchev–Trinajstić information content (AvgIpc) is 2.86. The highest BCUT2D eigenvalue weighted by Crippen LogP contribution is 2.49. The third-order valence-corrected chi connectivity index (χ3v) is 4.10. The Kier molecular flexibility index (Phi) is 4.06. The van der Waals surface area contributed by atoms with E-state index in [9.17, 15) is 9.59 Å². The Morgan fingerprint density at radius 2 is 2.11 bits per heavy atom. The van der Waals surface area contributed by atoms with Crippen molar-refractivity contribution in [3.05, 3.63) is 12.2 Å². The van der Waals surface area contributed by atoms with E-state index in [1.807, 2.05) is 6.92 Å². The van der Waals surface area contributed by atoms with Gasteiger partial charge < -0.3 is 14.2 Å². The number of hydrogen-bond acceptors (Lipinski definition) is 5. The zero-order valence-electron chi connectivity index (χ0n) is 11.4. The van der Waals surface area contributed by atoms with Crippen LogP contribution in [0, 0.1) is 5.41 Å². The molecule has 0 aromatic rings. The van der Waals surface area contributed by atoms with Crippen LogP contribution in [0.1, 0.15) is 32.6 Å². The lowest BCUT2D eigenvalue weighted by Crippen LogP contribution is -2.54. The predicted octanol–water partition coefficient (Wildman–Crippen LogP) is 1.61. The van der Waals surface area contributed by atoms with Gasteiger partial charge in [0, 0.05) is 18.9 Å². The molecule has 1 heterocycles. The summed E-state index contributed by atoms with van der Waals surface area (Å²) in [5.41, 5.74) is -0.730. The SMILES string of the molecule is COC(=O)/C=C/C[C@@]1(C)C(=O)CCCC12OCCO2. The van der Waals surface area contributed by atoms with E-state index in [0.717, 1.165) is 12.8 Å². The molecule has 1 saturated carbocycles. The summed E-state index contributed by atoms with van der Waals surface area (Å²) in [4.78, 5) is 23.4. The normalized spacial score (nSPS) is 30.1. The fraction of sp³-hybridized carbons (Fsp3) is 0.714. The molecule has 1 aliphatic carbocycles. The fourth-order valence-electron chi connectivity index (χ4n) is 2.89. The number of Topliss-reactive ketones (excluding diaryl/α,β-unsaturated/α-hetero) is 1. The molecule has 2 rings (SSSR count). The van der Waals surface area contributed by atoms with Gasteiger partial charge in [-0.05, 0) is 19.8 Å². The highest BCUT2D eigenvalue weighted by Gasteiger charge is 2.58. The van der Waals surface area contributed by atoms with E-state index in [-0.39, 0.29) is 5.78 Å². The molecule has 2 fully saturated rings. The number of carbonyl (C=O) groups excluding carboxylic acids is 2. The molecule has 5 heteroatoms. The molecule has 0 radical (unpaired) electrons. The van der Waals surface area contributed by atoms with Crippen molar-refractivity contribution in [2.24, 2.45) is 5.41 Å². The van der Waals surface area contributed by atoms with E-state index < -0.39 is 17.2 Å². The standard InChI is InChI=1S/C14H20O5/c1-13(7-4-6-12(16)17-2)11(15)5-3-8-14(13)18-9-10-19-14/h4,6H,3,5,7-10H2,1-2H3/b6-4+/t13-/m0/s1. The van der Waals surface area contributed by atoms with Gasteiger partial charge >= 0.3 is 5.97 Å². The van der Waals surface area contributed by atoms with Crippen molar-refractivity contribution >= 4 is 11.8 Å². The van der Waals surface area contributed by atoms with Crippen LogP contribution in [0.25, 0.3) is 0 Å². The minimum Gasteiger partial charge on any atom is -0.466 e. The van der Waals surface area contributed by atoms with Crippen molar-refractivity contribution in [3.8, 4) is 0 Å². The molecule has 0 unspecified atom stereocenters. The van der Waals surface area contributed by atoms with Gasteiger partial charge in [0.2, 0.25) is 0 Å². The first-order chi connectivity index (χ1) is 9.04. The van der Waals surface area contributed by atoms with Gasteiger partial charge in [0.05, 0.1) is 25.7 Å². The quantitative estimate of drug-likeness (QED) is 0.575. The van der Waals surface area contributed by atoms with Crippen LogP contribution < -0.4 is 0 Å². The van der Waals surface area contributed by atoms with Gasteiger partial charge in [0.25, 0.3) is 0 Å². The summed E-state index contributed by atoms with van der Waals surface area (Å²) >= 11 is 0. The second kappa shape index (κ2) is 5.43. The van der Waals surface area contributed by atoms with E-state index in [0.29, 0.717) is 26.1 Å². The van der Waals surface area contributed by atoms with Gasteiger partial charge in [-0.15, -0.1) is 0 Å². The maximum atomic E-state index is 12.3. The van der Waals surface area contributed by atoms with Crippen molar-refractivity contribution in [1.29, 1.82) is 0 Å². The molecule has 0 aromatic carbocycles. The number of rotatable bonds is 3. The number of methoxy groups -OCH3 is 1. The predicted molar refractivity (Wildman–Crippen MR) is 67.4 cm³/mol. The number of carbonyl (C=O) groups is 2. The second-order valence-electron chi connectivity index (χ2n) is 5.19. The molecule has 0 amide bonds. The molecule has 5 nitrogen and oxygen atoms in total. The number of hydrogen-bond donors (Lipinski definition) is 0. The van der Waals surface area contributed by atoms with Gasteiger partial charge in [-0.25, -0.2) is 4.79 Å². The molecule has 106 valence electrons. The first-order valence-corrected chi connectivity index (χ1v) is 6.60. The number of esters is 1. The molecule has 0 N–H and O–H groups in total. The molecule has 1 saturated heterocycles. The summed E-state index contributed by atoms with van der Waals surface area (Å²) in [6, 6.07) is 0. The van der Waals surface area contributed by atoms with Crippen LogP contribution >= 0.6 is 0 Å². The minimum absolute atomic E-state index is 0.134. The number of ether oxygens (including phenoxy) is 3. The average molecular weight is 268 g/mol. The Labute approximate surface area is 112 Å². The van der Waals surface area contributed by atoms with Crippen molar-refractivity contribution in [2.45, 2.75) is 38.4 Å². The van der Waals surface area contributed by atoms with Crippen LogP contribution in [0.4, 0.5) is 0 Å². The zero-order chi connectivity index (χ0) is 13.9. The summed E-state index contributed by atoms with van der Waals surface area (Å²) in [6.45, 7) is 2.90. The van der Waals surface area contributed by atoms with E-state index in [1.54, 1.807) is 6.08 Å². The van der Waals surface area contributed by atoms with Gasteiger partial charge in [-0.3, -0.25) is 4.79 Å². The molecule has 1 aliphatic heterocycles. The smallest absolute Gasteiger partial charge is 0.330 e. The van der Waals surface area contributed by atoms with E-state index in [4.69, 9.17) is 9.47 Å². The number of allylic oxidation sites excluding steroid dienone is 1. The Hall–Kier alpha value is -1.20. The summed E-state index contributed by atoms with van der Waals surface area (Å²) in [6.07, 6.45) is 5.48. The molecule has 0 aromatic heterocycles. The maximum absolute atomic E-state index is 12.3. The Balaban J connectivity index is 2.17. The highest BCUT2D eigenvalue weighted by atomic mass is 16.7. The van der Waals surface area contributed by atoms with Crippen molar-refractivity contribution in [3.63, 3.8) is 0 Å². The van der Waals surface area contributed by atoms with Gasteiger partial charge in [-0.2, -0.15) is 0 Å². The zero-order valence-corrected chi connectivity index (χ0v) is 11.4. The van der Waals surface area contributed by atoms with Crippen LogP contribution in [0.2, 0.25) is 0 Å². The minimum atomic E-state index is -0.817. The van der Waals surface area contributed by atoms with Crippen LogP contribution in [0.15, 0.2) is 12.2 Å². The molecule has 1 spiro atoms. The molecule has 19 heavy (non-hydrogen) atoms. The summed E-state index contributed by atoms with van der Waals surface area (Å²) < 4.78 is 16.1. The lowest BCUT2D eigenvalue weighted by molar-refractivity contribution is -0.240. The topological polar surface area (TPSA) is 61.8 Å². The van der Waals surface area contributed by atoms with E-state index >= 15 is 0 Å². The molecule has 1 atom stereocenters. The van der Waals surface area contributed by atoms with E-state index in [1.165, 1.54) is 13.2 Å². The largest absolute Gasteiger partial charge is 0.466 e. The lowest BCUT2D eigenvalue weighted by atomic mass is 9.67. The molecular weight excluding hydrogens is 248 g/mol. The van der Waals surface area contributed by atoms with Gasteiger partial charge in [0.1, 0.15) is 5.78 Å². The summed E-state index contributed by atoms with van der Waals surface area (Å²) in [7, 11) is 1.32. The molecule has 2 aliphatic rings. The Morgan fingerprint density at radius 1 is 1.42 bits per heavy atom. The van der Waals surface area contributed by atoms with Crippen LogP contribution in [0.3, 0.4) is 0 Å². The molecule has 0 bridgehead atoms. The van der Waals surface area contributed by atoms with Crippen molar-refractivity contribution in [1.82, 2.24) is 0 Å². The van der Waals surface area contributed by atoms with Gasteiger partial charge in [0.15, 0.2) is 5.79 Å². The monoisotopic (exact) mass is 268 g/mol. The second-order valence-corrected chi connectivity index (χ2v) is 5.19. The first kappa shape index (κ1) is 14.2. The van der Waals surface area contributed by atoms with Crippen molar-refractivity contribution < 1.29 is 23.8 Å². The van der Waals surface area contributed by atoms with Crippen LogP contribution in [0.5, 0.6) is 0 Å². The van der Waals surface area contributed by atoms with Gasteiger partial charge in [-0.1, -0.05) is 6.08 Å². The third kappa shape index (κ3) is 2.44. The third-order valence-electron chi connectivity index (χ3n) is 4.10. The van der Waals surface area contributed by atoms with Crippen molar-refractivity contribution in [2.75, 3.05) is 20.3 Å². The van der Waals surface area contributed by atoms with Crippen LogP contribution in [-0.4, -0.2) is 37.9 Å². The summed E-state index contributed by atoms with van der Waals surface area (Å²) in [5.74, 6) is -1.10. The first-order valence-electron chi connectivity index (χ1n) is 6.60. The Bertz CT molecular complexity index is 395. The highest BCUT2D eigenvalue weighted by molar-refractivity contribution is 5.87. The van der Waals surface area contributed by atoms with E-state index in [2.05, 4.69) is 4.74 Å². The Morgan fingerprint density at radius 3 is 2.74 bits per heavy atom. The number of ketones is 1. The lowest BCUT2D eigenvalue weighted by Gasteiger charge is -2.46.